The van der Waals surface area contributed by atoms with Crippen molar-refractivity contribution in [1.82, 2.24) is 0 Å². The second-order valence-corrected chi connectivity index (χ2v) is 7.81. The third-order valence-corrected chi connectivity index (χ3v) is 5.43. The number of nitrogens with zero attached hydrogens (tertiary/aromatic N) is 2. The van der Waals surface area contributed by atoms with Gasteiger partial charge in [-0.1, -0.05) is 12.1 Å². The van der Waals surface area contributed by atoms with Crippen LogP contribution < -0.4 is 10.6 Å². The number of hydrogen-bond acceptors (Lipinski definition) is 6. The van der Waals surface area contributed by atoms with Crippen LogP contribution in [0.2, 0.25) is 0 Å². The minimum Gasteiger partial charge on any atom is -0.321 e. The summed E-state index contributed by atoms with van der Waals surface area (Å²) in [5, 5.41) is 27.5. The Balaban J connectivity index is 1.65. The van der Waals surface area contributed by atoms with Crippen LogP contribution in [0.1, 0.15) is 9.75 Å². The Hall–Kier alpha value is -3.98. The second kappa shape index (κ2) is 9.99. The number of benzene rings is 1. The SMILES string of the molecule is N#CC(=Cc1cccs1)C(=O)Nc1ccc(NC(=O)C(C#N)=Cc2cccs2)cc1. The summed E-state index contributed by atoms with van der Waals surface area (Å²) >= 11 is 2.86. The van der Waals surface area contributed by atoms with E-state index in [0.717, 1.165) is 9.75 Å². The van der Waals surface area contributed by atoms with Gasteiger partial charge in [-0.3, -0.25) is 9.59 Å². The van der Waals surface area contributed by atoms with Gasteiger partial charge in [0.15, 0.2) is 0 Å². The van der Waals surface area contributed by atoms with E-state index < -0.39 is 11.8 Å². The summed E-state index contributed by atoms with van der Waals surface area (Å²) < 4.78 is 0. The van der Waals surface area contributed by atoms with E-state index in [4.69, 9.17) is 0 Å². The monoisotopic (exact) mass is 430 g/mol. The van der Waals surface area contributed by atoms with E-state index in [2.05, 4.69) is 10.6 Å². The zero-order valence-electron chi connectivity index (χ0n) is 15.5. The molecule has 0 unspecified atom stereocenters. The number of carbonyl (C=O) groups excluding carboxylic acids is 2. The Morgan fingerprint density at radius 3 is 1.43 bits per heavy atom. The van der Waals surface area contributed by atoms with Gasteiger partial charge in [0.2, 0.25) is 0 Å². The number of anilines is 2. The lowest BCUT2D eigenvalue weighted by Crippen LogP contribution is -2.14. The maximum absolute atomic E-state index is 12.3. The molecule has 2 N–H and O–H groups in total. The molecule has 2 aromatic heterocycles. The minimum atomic E-state index is -0.520. The average molecular weight is 431 g/mol. The number of hydrogen-bond donors (Lipinski definition) is 2. The molecule has 2 heterocycles. The summed E-state index contributed by atoms with van der Waals surface area (Å²) in [5.74, 6) is -1.04. The molecule has 8 heteroatoms. The highest BCUT2D eigenvalue weighted by Gasteiger charge is 2.12. The van der Waals surface area contributed by atoms with Gasteiger partial charge in [0.05, 0.1) is 0 Å². The molecule has 3 rings (SSSR count). The smallest absolute Gasteiger partial charge is 0.266 e. The van der Waals surface area contributed by atoms with Crippen LogP contribution >= 0.6 is 22.7 Å². The van der Waals surface area contributed by atoms with Crippen molar-refractivity contribution in [2.45, 2.75) is 0 Å². The number of nitrogens with one attached hydrogen (secondary N) is 2. The maximum Gasteiger partial charge on any atom is 0.266 e. The molecule has 0 aliphatic rings. The van der Waals surface area contributed by atoms with Crippen LogP contribution in [-0.4, -0.2) is 11.8 Å². The number of carbonyl (C=O) groups is 2. The van der Waals surface area contributed by atoms with Crippen LogP contribution in [0.3, 0.4) is 0 Å². The van der Waals surface area contributed by atoms with E-state index in [1.165, 1.54) is 34.8 Å². The molecule has 1 aromatic carbocycles. The third-order valence-electron chi connectivity index (χ3n) is 3.79. The summed E-state index contributed by atoms with van der Waals surface area (Å²) in [6, 6.07) is 17.5. The molecule has 0 fully saturated rings. The Morgan fingerprint density at radius 2 is 1.13 bits per heavy atom. The van der Waals surface area contributed by atoms with Gasteiger partial charge >= 0.3 is 0 Å². The zero-order valence-corrected chi connectivity index (χ0v) is 17.1. The van der Waals surface area contributed by atoms with Crippen molar-refractivity contribution in [3.05, 3.63) is 80.2 Å². The van der Waals surface area contributed by atoms with Gasteiger partial charge in [-0.05, 0) is 59.3 Å². The number of amides is 2. The molecular weight excluding hydrogens is 416 g/mol. The lowest BCUT2D eigenvalue weighted by atomic mass is 10.2. The van der Waals surface area contributed by atoms with Crippen LogP contribution in [0.25, 0.3) is 12.2 Å². The number of rotatable bonds is 6. The van der Waals surface area contributed by atoms with Crippen LogP contribution in [0, 0.1) is 22.7 Å². The number of nitriles is 2. The lowest BCUT2D eigenvalue weighted by Gasteiger charge is -2.07. The van der Waals surface area contributed by atoms with E-state index in [-0.39, 0.29) is 11.1 Å². The molecule has 30 heavy (non-hydrogen) atoms. The minimum absolute atomic E-state index is 0.00722. The van der Waals surface area contributed by atoms with Gasteiger partial charge < -0.3 is 10.6 Å². The van der Waals surface area contributed by atoms with Crippen molar-refractivity contribution >= 4 is 58.0 Å². The Morgan fingerprint density at radius 1 is 0.733 bits per heavy atom. The highest BCUT2D eigenvalue weighted by molar-refractivity contribution is 7.11. The maximum atomic E-state index is 12.3. The first kappa shape index (κ1) is 20.7. The first-order valence-electron chi connectivity index (χ1n) is 8.62. The highest BCUT2D eigenvalue weighted by Crippen LogP contribution is 2.18. The van der Waals surface area contributed by atoms with Gasteiger partial charge in [0.25, 0.3) is 11.8 Å². The van der Waals surface area contributed by atoms with E-state index in [1.54, 1.807) is 24.3 Å². The van der Waals surface area contributed by atoms with Crippen LogP contribution in [0.15, 0.2) is 70.4 Å². The predicted molar refractivity (Wildman–Crippen MR) is 120 cm³/mol. The summed E-state index contributed by atoms with van der Waals surface area (Å²) in [4.78, 5) is 26.2. The van der Waals surface area contributed by atoms with Crippen LogP contribution in [0.4, 0.5) is 11.4 Å². The van der Waals surface area contributed by atoms with Gasteiger partial charge in [-0.15, -0.1) is 22.7 Å². The quantitative estimate of drug-likeness (QED) is 0.428. The fourth-order valence-electron chi connectivity index (χ4n) is 2.36. The predicted octanol–water partition coefficient (Wildman–Crippen LogP) is 4.90. The number of thiophene rings is 2. The van der Waals surface area contributed by atoms with Crippen LogP contribution in [-0.2, 0) is 9.59 Å². The molecule has 0 radical (unpaired) electrons. The Kier molecular flexibility index (Phi) is 6.91. The van der Waals surface area contributed by atoms with Crippen molar-refractivity contribution in [3.63, 3.8) is 0 Å². The summed E-state index contributed by atoms with van der Waals surface area (Å²) in [6.45, 7) is 0. The molecule has 0 atom stereocenters. The fourth-order valence-corrected chi connectivity index (χ4v) is 3.68. The molecule has 0 aliphatic heterocycles. The molecule has 2 amide bonds. The zero-order chi connectivity index (χ0) is 21.3. The molecule has 6 nitrogen and oxygen atoms in total. The molecule has 0 saturated heterocycles. The van der Waals surface area contributed by atoms with Crippen molar-refractivity contribution in [2.24, 2.45) is 0 Å². The molecule has 0 aliphatic carbocycles. The van der Waals surface area contributed by atoms with E-state index in [9.17, 15) is 20.1 Å². The lowest BCUT2D eigenvalue weighted by molar-refractivity contribution is -0.113. The van der Waals surface area contributed by atoms with E-state index in [1.807, 2.05) is 47.2 Å². The molecule has 0 bridgehead atoms. The topological polar surface area (TPSA) is 106 Å². The largest absolute Gasteiger partial charge is 0.321 e. The van der Waals surface area contributed by atoms with E-state index >= 15 is 0 Å². The molecule has 0 saturated carbocycles. The first-order valence-corrected chi connectivity index (χ1v) is 10.4. The molecule has 3 aromatic rings. The van der Waals surface area contributed by atoms with Crippen molar-refractivity contribution in [1.29, 1.82) is 10.5 Å². The van der Waals surface area contributed by atoms with Gasteiger partial charge in [-0.25, -0.2) is 0 Å². The Labute approximate surface area is 181 Å². The average Bonchev–Trinajstić information content (AvgIpc) is 3.45. The van der Waals surface area contributed by atoms with Gasteiger partial charge in [0.1, 0.15) is 23.3 Å². The van der Waals surface area contributed by atoms with Crippen molar-refractivity contribution < 1.29 is 9.59 Å². The molecular formula is C22H14N4O2S2. The fraction of sp³-hybridized carbons (Fsp3) is 0. The van der Waals surface area contributed by atoms with Crippen molar-refractivity contribution in [2.75, 3.05) is 10.6 Å². The Bertz CT molecular complexity index is 1080. The normalized spacial score (nSPS) is 11.3. The van der Waals surface area contributed by atoms with Gasteiger partial charge in [-0.2, -0.15) is 10.5 Å². The second-order valence-electron chi connectivity index (χ2n) is 5.86. The summed E-state index contributed by atoms with van der Waals surface area (Å²) in [5.41, 5.74) is 0.930. The van der Waals surface area contributed by atoms with Crippen LogP contribution in [0.5, 0.6) is 0 Å². The molecule has 146 valence electrons. The standard InChI is InChI=1S/C22H14N4O2S2/c23-13-15(11-19-3-1-9-29-19)21(27)25-17-5-7-18(8-6-17)26-22(28)16(14-24)12-20-4-2-10-30-20/h1-12H,(H,25,27)(H,26,28). The van der Waals surface area contributed by atoms with Crippen molar-refractivity contribution in [3.8, 4) is 12.1 Å². The highest BCUT2D eigenvalue weighted by atomic mass is 32.1. The summed E-state index contributed by atoms with van der Waals surface area (Å²) in [6.07, 6.45) is 3.05. The first-order chi connectivity index (χ1) is 14.6. The third kappa shape index (κ3) is 5.52. The molecule has 0 spiro atoms. The van der Waals surface area contributed by atoms with Gasteiger partial charge in [0, 0.05) is 21.1 Å². The summed E-state index contributed by atoms with van der Waals surface area (Å²) in [7, 11) is 0. The van der Waals surface area contributed by atoms with E-state index in [0.29, 0.717) is 11.4 Å².